The number of rotatable bonds is 7. The number of alkyl halides is 3. The Morgan fingerprint density at radius 2 is 1.68 bits per heavy atom. The van der Waals surface area contributed by atoms with Gasteiger partial charge < -0.3 is 9.84 Å². The average molecular weight is 590 g/mol. The first-order valence-electron chi connectivity index (χ1n) is 13.8. The van der Waals surface area contributed by atoms with Gasteiger partial charge in [0.1, 0.15) is 11.4 Å². The van der Waals surface area contributed by atoms with Crippen molar-refractivity contribution in [1.82, 2.24) is 9.88 Å². The van der Waals surface area contributed by atoms with Crippen LogP contribution < -0.4 is 9.04 Å². The second kappa shape index (κ2) is 11.6. The molecule has 2 aromatic carbocycles. The van der Waals surface area contributed by atoms with E-state index in [2.05, 4.69) is 9.88 Å². The number of aromatic nitrogens is 1. The van der Waals surface area contributed by atoms with Crippen LogP contribution in [0.5, 0.6) is 5.75 Å². The Morgan fingerprint density at radius 1 is 1.00 bits per heavy atom. The second-order valence-electron chi connectivity index (χ2n) is 10.7. The van der Waals surface area contributed by atoms with Crippen LogP contribution in [0, 0.1) is 0 Å². The van der Waals surface area contributed by atoms with E-state index < -0.39 is 33.4 Å². The van der Waals surface area contributed by atoms with E-state index in [9.17, 15) is 26.7 Å². The van der Waals surface area contributed by atoms with Gasteiger partial charge in [0.15, 0.2) is 0 Å². The molecule has 1 saturated heterocycles. The molecule has 1 aliphatic carbocycles. The largest absolute Gasteiger partial charge is 0.497 e. The minimum Gasteiger partial charge on any atom is -0.497 e. The Bertz CT molecular complexity index is 1430. The second-order valence-corrected chi connectivity index (χ2v) is 12.5. The summed E-state index contributed by atoms with van der Waals surface area (Å²) in [5, 5.41) is 11.8. The quantitative estimate of drug-likeness (QED) is 0.387. The fraction of sp³-hybridized carbons (Fsp3) is 0.433. The molecule has 0 amide bonds. The van der Waals surface area contributed by atoms with Crippen molar-refractivity contribution in [3.8, 4) is 5.75 Å². The van der Waals surface area contributed by atoms with Crippen molar-refractivity contribution in [2.24, 2.45) is 0 Å². The molecule has 2 atom stereocenters. The van der Waals surface area contributed by atoms with Gasteiger partial charge in [-0.25, -0.2) is 8.42 Å². The lowest BCUT2D eigenvalue weighted by Gasteiger charge is -2.49. The molecule has 11 heteroatoms. The molecule has 1 aromatic heterocycles. The lowest BCUT2D eigenvalue weighted by molar-refractivity contribution is -0.137. The van der Waals surface area contributed by atoms with Crippen LogP contribution in [0.3, 0.4) is 0 Å². The Balaban J connectivity index is 1.45. The van der Waals surface area contributed by atoms with Gasteiger partial charge in [-0.3, -0.25) is 14.2 Å². The molecule has 0 spiro atoms. The van der Waals surface area contributed by atoms with E-state index in [1.807, 2.05) is 12.1 Å². The molecule has 3 aromatic rings. The molecular weight excluding hydrogens is 555 g/mol. The highest BCUT2D eigenvalue weighted by Gasteiger charge is 2.45. The van der Waals surface area contributed by atoms with Crippen LogP contribution in [0.15, 0.2) is 78.0 Å². The number of benzene rings is 2. The number of piperidine rings is 1. The molecular formula is C30H34F3N3O4S. The van der Waals surface area contributed by atoms with Crippen molar-refractivity contribution in [1.29, 1.82) is 0 Å². The molecule has 2 fully saturated rings. The van der Waals surface area contributed by atoms with Crippen molar-refractivity contribution in [3.05, 3.63) is 84.2 Å². The zero-order valence-electron chi connectivity index (χ0n) is 22.8. The molecule has 41 heavy (non-hydrogen) atoms. The molecule has 1 N–H and O–H groups in total. The first-order valence-corrected chi connectivity index (χ1v) is 15.2. The van der Waals surface area contributed by atoms with Gasteiger partial charge in [0, 0.05) is 37.6 Å². The van der Waals surface area contributed by atoms with Crippen molar-refractivity contribution in [3.63, 3.8) is 0 Å². The minimum absolute atomic E-state index is 0.0277. The number of anilines is 1. The summed E-state index contributed by atoms with van der Waals surface area (Å²) in [6, 6.07) is 13.3. The van der Waals surface area contributed by atoms with Crippen LogP contribution in [0.2, 0.25) is 0 Å². The number of sulfonamides is 1. The number of hydrogen-bond donors (Lipinski definition) is 1. The van der Waals surface area contributed by atoms with E-state index >= 15 is 0 Å². The highest BCUT2D eigenvalue weighted by atomic mass is 32.2. The maximum Gasteiger partial charge on any atom is 0.416 e. The Hall–Kier alpha value is -3.15. The molecule has 5 rings (SSSR count). The summed E-state index contributed by atoms with van der Waals surface area (Å²) in [5.41, 5.74) is -1.18. The third-order valence-electron chi connectivity index (χ3n) is 8.33. The van der Waals surface area contributed by atoms with E-state index in [4.69, 9.17) is 4.74 Å². The van der Waals surface area contributed by atoms with Crippen molar-refractivity contribution in [2.75, 3.05) is 24.5 Å². The number of hydrogen-bond acceptors (Lipinski definition) is 6. The monoisotopic (exact) mass is 589 g/mol. The Kier molecular flexibility index (Phi) is 8.31. The SMILES string of the molecule is COc1ccc(S(=O)(=O)N(c2cccc(C(F)(F)F)c2)C2CCN([C@@H]3CCCC[C@]3(O)c3ccncc3)CC2)cc1. The zero-order chi connectivity index (χ0) is 29.3. The molecule has 2 heterocycles. The van der Waals surface area contributed by atoms with Crippen LogP contribution >= 0.6 is 0 Å². The highest BCUT2D eigenvalue weighted by molar-refractivity contribution is 7.92. The van der Waals surface area contributed by atoms with E-state index in [1.165, 1.54) is 43.5 Å². The van der Waals surface area contributed by atoms with Crippen LogP contribution in [0.1, 0.15) is 49.7 Å². The normalized spacial score (nSPS) is 22.8. The number of likely N-dealkylation sites (tertiary alicyclic amines) is 1. The van der Waals surface area contributed by atoms with Crippen molar-refractivity contribution < 1.29 is 31.4 Å². The van der Waals surface area contributed by atoms with Gasteiger partial charge in [-0.2, -0.15) is 13.2 Å². The number of nitrogens with zero attached hydrogens (tertiary/aromatic N) is 3. The summed E-state index contributed by atoms with van der Waals surface area (Å²) in [6.45, 7) is 0.993. The van der Waals surface area contributed by atoms with Gasteiger partial charge in [-0.1, -0.05) is 18.9 Å². The van der Waals surface area contributed by atoms with Gasteiger partial charge >= 0.3 is 6.18 Å². The van der Waals surface area contributed by atoms with Gasteiger partial charge in [-0.15, -0.1) is 0 Å². The van der Waals surface area contributed by atoms with Gasteiger partial charge in [0.2, 0.25) is 0 Å². The predicted molar refractivity (Wildman–Crippen MR) is 149 cm³/mol. The molecule has 220 valence electrons. The Labute approximate surface area is 238 Å². The zero-order valence-corrected chi connectivity index (χ0v) is 23.6. The molecule has 0 radical (unpaired) electrons. The first kappa shape index (κ1) is 29.3. The van der Waals surface area contributed by atoms with E-state index in [1.54, 1.807) is 12.4 Å². The topological polar surface area (TPSA) is 83.0 Å². The van der Waals surface area contributed by atoms with Crippen LogP contribution in [0.25, 0.3) is 0 Å². The molecule has 1 saturated carbocycles. The number of aliphatic hydroxyl groups is 1. The number of ether oxygens (including phenoxy) is 1. The number of methoxy groups -OCH3 is 1. The standard InChI is InChI=1S/C30H34F3N3O4S/c1-40-26-8-10-27(11-9-26)41(38,39)36(25-6-4-5-23(21-25)30(31,32)33)24-14-19-35(20-15-24)28-7-2-3-16-29(28,37)22-12-17-34-18-13-22/h4-6,8-13,17-18,21,24,28,37H,2-3,7,14-16,19-20H2,1H3/t28-,29+/m1/s1. The third-order valence-corrected chi connectivity index (χ3v) is 10.2. The molecule has 0 bridgehead atoms. The lowest BCUT2D eigenvalue weighted by Crippen LogP contribution is -2.57. The maximum atomic E-state index is 14.0. The minimum atomic E-state index is -4.62. The van der Waals surface area contributed by atoms with Crippen LogP contribution in [0.4, 0.5) is 18.9 Å². The molecule has 2 aliphatic rings. The fourth-order valence-electron chi connectivity index (χ4n) is 6.26. The van der Waals surface area contributed by atoms with Gasteiger partial charge in [-0.05, 0) is 85.8 Å². The van der Waals surface area contributed by atoms with E-state index in [0.717, 1.165) is 41.3 Å². The van der Waals surface area contributed by atoms with Crippen molar-refractivity contribution in [2.45, 2.75) is 67.3 Å². The van der Waals surface area contributed by atoms with Gasteiger partial charge in [0.05, 0.1) is 23.3 Å². The highest BCUT2D eigenvalue weighted by Crippen LogP contribution is 2.42. The summed E-state index contributed by atoms with van der Waals surface area (Å²) in [7, 11) is -2.75. The average Bonchev–Trinajstić information content (AvgIpc) is 2.98. The summed E-state index contributed by atoms with van der Waals surface area (Å²) in [4.78, 5) is 6.26. The smallest absolute Gasteiger partial charge is 0.416 e. The van der Waals surface area contributed by atoms with Crippen LogP contribution in [-0.2, 0) is 21.8 Å². The van der Waals surface area contributed by atoms with E-state index in [0.29, 0.717) is 38.1 Å². The summed E-state index contributed by atoms with van der Waals surface area (Å²) < 4.78 is 75.2. The summed E-state index contributed by atoms with van der Waals surface area (Å²) >= 11 is 0. The third kappa shape index (κ3) is 5.93. The molecule has 1 aliphatic heterocycles. The maximum absolute atomic E-state index is 14.0. The first-order chi connectivity index (χ1) is 19.5. The number of pyridine rings is 1. The lowest BCUT2D eigenvalue weighted by atomic mass is 9.74. The number of halogens is 3. The van der Waals surface area contributed by atoms with Crippen molar-refractivity contribution >= 4 is 15.7 Å². The summed E-state index contributed by atoms with van der Waals surface area (Å²) in [6.07, 6.45) is 2.80. The molecule has 0 unspecified atom stereocenters. The fourth-order valence-corrected chi connectivity index (χ4v) is 7.96. The summed E-state index contributed by atoms with van der Waals surface area (Å²) in [5.74, 6) is 0.469. The van der Waals surface area contributed by atoms with Crippen LogP contribution in [-0.4, -0.2) is 55.7 Å². The molecule has 7 nitrogen and oxygen atoms in total. The van der Waals surface area contributed by atoms with Gasteiger partial charge in [0.25, 0.3) is 10.0 Å². The predicted octanol–water partition coefficient (Wildman–Crippen LogP) is 5.60. The Morgan fingerprint density at radius 3 is 2.32 bits per heavy atom. The van der Waals surface area contributed by atoms with E-state index in [-0.39, 0.29) is 16.6 Å².